The van der Waals surface area contributed by atoms with Crippen LogP contribution in [0.1, 0.15) is 18.2 Å². The second-order valence-electron chi connectivity index (χ2n) is 4.57. The molecule has 102 valence electrons. The molecule has 3 nitrogen and oxygen atoms in total. The lowest BCUT2D eigenvalue weighted by Crippen LogP contribution is -2.05. The van der Waals surface area contributed by atoms with Gasteiger partial charge in [0.15, 0.2) is 5.65 Å². The molecule has 0 amide bonds. The molecule has 2 heterocycles. The summed E-state index contributed by atoms with van der Waals surface area (Å²) in [5.74, 6) is -1.15. The average Bonchev–Trinajstić information content (AvgIpc) is 2.80. The number of aryl methyl sites for hydroxylation is 1. The van der Waals surface area contributed by atoms with Gasteiger partial charge < -0.3 is 0 Å². The van der Waals surface area contributed by atoms with Crippen LogP contribution < -0.4 is 0 Å². The largest absolute Gasteiger partial charge is 0.242 e. The molecule has 20 heavy (non-hydrogen) atoms. The fourth-order valence-electron chi connectivity index (χ4n) is 2.26. The van der Waals surface area contributed by atoms with Crippen LogP contribution in [0.15, 0.2) is 36.5 Å². The second kappa shape index (κ2) is 5.00. The summed E-state index contributed by atoms with van der Waals surface area (Å²) in [6, 6.07) is 7.37. The van der Waals surface area contributed by atoms with Gasteiger partial charge in [-0.1, -0.05) is 13.0 Å². The monoisotopic (exact) mass is 273 g/mol. The molecule has 0 unspecified atom stereocenters. The van der Waals surface area contributed by atoms with E-state index in [0.717, 1.165) is 23.6 Å². The van der Waals surface area contributed by atoms with Crippen LogP contribution >= 0.6 is 0 Å². The highest BCUT2D eigenvalue weighted by atomic mass is 19.1. The zero-order valence-electron chi connectivity index (χ0n) is 11.0. The van der Waals surface area contributed by atoms with Crippen molar-refractivity contribution >= 4 is 11.0 Å². The average molecular weight is 273 g/mol. The SMILES string of the molecule is CCc1nn(Cc2ccc(F)cc2F)c2ncccc12. The van der Waals surface area contributed by atoms with Crippen molar-refractivity contribution in [2.45, 2.75) is 19.9 Å². The Morgan fingerprint density at radius 2 is 2.05 bits per heavy atom. The van der Waals surface area contributed by atoms with Crippen LogP contribution in [-0.2, 0) is 13.0 Å². The molecule has 0 aliphatic heterocycles. The fourth-order valence-corrected chi connectivity index (χ4v) is 2.26. The smallest absolute Gasteiger partial charge is 0.158 e. The fraction of sp³-hybridized carbons (Fsp3) is 0.200. The molecule has 0 radical (unpaired) electrons. The van der Waals surface area contributed by atoms with Gasteiger partial charge in [0.25, 0.3) is 0 Å². The molecule has 0 spiro atoms. The van der Waals surface area contributed by atoms with Crippen LogP contribution in [0.2, 0.25) is 0 Å². The maximum absolute atomic E-state index is 13.7. The van der Waals surface area contributed by atoms with E-state index in [4.69, 9.17) is 0 Å². The molecule has 0 fully saturated rings. The van der Waals surface area contributed by atoms with Gasteiger partial charge in [0, 0.05) is 23.2 Å². The Balaban J connectivity index is 2.06. The third-order valence-electron chi connectivity index (χ3n) is 3.25. The number of hydrogen-bond donors (Lipinski definition) is 0. The third-order valence-corrected chi connectivity index (χ3v) is 3.25. The Morgan fingerprint density at radius 1 is 1.20 bits per heavy atom. The summed E-state index contributed by atoms with van der Waals surface area (Å²) in [5.41, 5.74) is 2.04. The Bertz CT molecular complexity index is 765. The summed E-state index contributed by atoms with van der Waals surface area (Å²) in [7, 11) is 0. The van der Waals surface area contributed by atoms with Gasteiger partial charge in [-0.2, -0.15) is 5.10 Å². The first-order valence-electron chi connectivity index (χ1n) is 6.43. The van der Waals surface area contributed by atoms with Crippen LogP contribution in [0.4, 0.5) is 8.78 Å². The Labute approximate surface area is 114 Å². The first-order chi connectivity index (χ1) is 9.69. The van der Waals surface area contributed by atoms with Crippen molar-refractivity contribution in [2.24, 2.45) is 0 Å². The van der Waals surface area contributed by atoms with Crippen molar-refractivity contribution in [3.63, 3.8) is 0 Å². The molecule has 0 saturated heterocycles. The second-order valence-corrected chi connectivity index (χ2v) is 4.57. The molecule has 0 N–H and O–H groups in total. The van der Waals surface area contributed by atoms with Crippen molar-refractivity contribution in [2.75, 3.05) is 0 Å². The predicted octanol–water partition coefficient (Wildman–Crippen LogP) is 3.32. The molecule has 2 aromatic heterocycles. The quantitative estimate of drug-likeness (QED) is 0.733. The summed E-state index contributed by atoms with van der Waals surface area (Å²) >= 11 is 0. The van der Waals surface area contributed by atoms with Gasteiger partial charge in [-0.25, -0.2) is 18.4 Å². The van der Waals surface area contributed by atoms with Gasteiger partial charge in [-0.05, 0) is 24.6 Å². The van der Waals surface area contributed by atoms with Crippen molar-refractivity contribution < 1.29 is 8.78 Å². The molecular formula is C15H13F2N3. The number of hydrogen-bond acceptors (Lipinski definition) is 2. The van der Waals surface area contributed by atoms with Gasteiger partial charge in [0.1, 0.15) is 11.6 Å². The van der Waals surface area contributed by atoms with E-state index in [1.807, 2.05) is 19.1 Å². The summed E-state index contributed by atoms with van der Waals surface area (Å²) in [5, 5.41) is 5.43. The lowest BCUT2D eigenvalue weighted by Gasteiger charge is -2.04. The van der Waals surface area contributed by atoms with Gasteiger partial charge in [-0.15, -0.1) is 0 Å². The Kier molecular flexibility index (Phi) is 3.18. The van der Waals surface area contributed by atoms with Gasteiger partial charge >= 0.3 is 0 Å². The Hall–Kier alpha value is -2.30. The molecular weight excluding hydrogens is 260 g/mol. The minimum absolute atomic E-state index is 0.236. The van der Waals surface area contributed by atoms with Crippen LogP contribution in [0.25, 0.3) is 11.0 Å². The molecule has 0 saturated carbocycles. The number of benzene rings is 1. The first kappa shape index (κ1) is 12.7. The zero-order chi connectivity index (χ0) is 14.1. The summed E-state index contributed by atoms with van der Waals surface area (Å²) in [6.07, 6.45) is 2.46. The van der Waals surface area contributed by atoms with E-state index >= 15 is 0 Å². The van der Waals surface area contributed by atoms with Crippen molar-refractivity contribution in [1.29, 1.82) is 0 Å². The van der Waals surface area contributed by atoms with Crippen LogP contribution in [0.5, 0.6) is 0 Å². The minimum atomic E-state index is -0.580. The van der Waals surface area contributed by atoms with E-state index in [1.165, 1.54) is 12.1 Å². The van der Waals surface area contributed by atoms with Crippen molar-refractivity contribution in [3.05, 3.63) is 59.4 Å². The van der Waals surface area contributed by atoms with Crippen molar-refractivity contribution in [3.8, 4) is 0 Å². The highest BCUT2D eigenvalue weighted by molar-refractivity contribution is 5.78. The number of pyridine rings is 1. The van der Waals surface area contributed by atoms with Crippen LogP contribution in [0.3, 0.4) is 0 Å². The van der Waals surface area contributed by atoms with Crippen molar-refractivity contribution in [1.82, 2.24) is 14.8 Å². The highest BCUT2D eigenvalue weighted by Gasteiger charge is 2.12. The molecule has 3 aromatic rings. The van der Waals surface area contributed by atoms with Crippen LogP contribution in [-0.4, -0.2) is 14.8 Å². The highest BCUT2D eigenvalue weighted by Crippen LogP contribution is 2.19. The lowest BCUT2D eigenvalue weighted by atomic mass is 10.2. The molecule has 5 heteroatoms. The van der Waals surface area contributed by atoms with E-state index in [-0.39, 0.29) is 6.54 Å². The molecule has 0 aliphatic rings. The minimum Gasteiger partial charge on any atom is -0.242 e. The molecule has 0 atom stereocenters. The standard InChI is InChI=1S/C15H13F2N3/c1-2-14-12-4-3-7-18-15(12)20(19-14)9-10-5-6-11(16)8-13(10)17/h3-8H,2,9H2,1H3. The molecule has 1 aromatic carbocycles. The number of aromatic nitrogens is 3. The maximum atomic E-state index is 13.7. The predicted molar refractivity (Wildman–Crippen MR) is 72.4 cm³/mol. The molecule has 0 aliphatic carbocycles. The van der Waals surface area contributed by atoms with Crippen LogP contribution in [0, 0.1) is 11.6 Å². The summed E-state index contributed by atoms with van der Waals surface area (Å²) < 4.78 is 28.3. The van der Waals surface area contributed by atoms with E-state index in [1.54, 1.807) is 10.9 Å². The first-order valence-corrected chi connectivity index (χ1v) is 6.43. The molecule has 3 rings (SSSR count). The Morgan fingerprint density at radius 3 is 2.80 bits per heavy atom. The number of rotatable bonds is 3. The lowest BCUT2D eigenvalue weighted by molar-refractivity contribution is 0.559. The zero-order valence-corrected chi connectivity index (χ0v) is 11.0. The van der Waals surface area contributed by atoms with Gasteiger partial charge in [-0.3, -0.25) is 0 Å². The normalized spacial score (nSPS) is 11.2. The summed E-state index contributed by atoms with van der Waals surface area (Å²) in [4.78, 5) is 4.30. The van der Waals surface area contributed by atoms with E-state index in [0.29, 0.717) is 11.2 Å². The van der Waals surface area contributed by atoms with Gasteiger partial charge in [0.2, 0.25) is 0 Å². The van der Waals surface area contributed by atoms with E-state index in [2.05, 4.69) is 10.1 Å². The maximum Gasteiger partial charge on any atom is 0.158 e. The third kappa shape index (κ3) is 2.15. The number of fused-ring (bicyclic) bond motifs is 1. The number of nitrogens with zero attached hydrogens (tertiary/aromatic N) is 3. The summed E-state index contributed by atoms with van der Waals surface area (Å²) in [6.45, 7) is 2.25. The van der Waals surface area contributed by atoms with E-state index in [9.17, 15) is 8.78 Å². The van der Waals surface area contributed by atoms with Gasteiger partial charge in [0.05, 0.1) is 12.2 Å². The molecule has 0 bridgehead atoms. The van der Waals surface area contributed by atoms with E-state index < -0.39 is 11.6 Å². The topological polar surface area (TPSA) is 30.7 Å². The number of halogens is 2.